The van der Waals surface area contributed by atoms with Gasteiger partial charge in [-0.05, 0) is 84.5 Å². The lowest BCUT2D eigenvalue weighted by atomic mass is 10.1. The molecule has 0 spiro atoms. The van der Waals surface area contributed by atoms with Gasteiger partial charge < -0.3 is 62.2 Å². The van der Waals surface area contributed by atoms with Crippen molar-refractivity contribution in [1.82, 2.24) is 48.2 Å². The van der Waals surface area contributed by atoms with Crippen LogP contribution in [0, 0.1) is 26.7 Å². The van der Waals surface area contributed by atoms with Crippen LogP contribution < -0.4 is 39.3 Å². The van der Waals surface area contributed by atoms with Crippen molar-refractivity contribution in [2.24, 2.45) is 5.92 Å². The van der Waals surface area contributed by atoms with Gasteiger partial charge >= 0.3 is 56.0 Å². The first-order chi connectivity index (χ1) is 50.5. The standard InChI is InChI=1S/C61H95N10O31P5/c1-37(2)12-7-19-90-104(81,82)94-23-16-48-52(27-43(98-48)33-70-30-40(5)57(75)67-61(70)79)102-106(85,86)92-20-9-14-45-49(24-44(97-45)34-71-36-64-53-54(71)62-35-63-58(53)76)99-103(6,80)89-18-8-13-46-50(25-41(95-46)31-68-28-38(3)55(73)65-59(68)77)100-105(83,84)91-21-10-15-47-51(101-107(87,88)93-22-11-17-72)26-42(96-47)32-69-29-39(4)56(74)66-60(69)78/h28-30,35-37,41-52,72H,7-27,31-34H2,1-6H3,(H,81,82)(H,83,84)(H,85,86)(H,87,88)(H,62,63,76)(H,65,73,77)(H,66,74,78)(H,67,75,79)/t41-,42-,43-,44-,45-,46-,47-,48-,49?,50?,51?,52?,103?/m1/s1. The maximum atomic E-state index is 14.4. The van der Waals surface area contributed by atoms with E-state index in [0.29, 0.717) is 12.3 Å². The number of nitrogens with zero attached hydrogens (tertiary/aromatic N) is 6. The Morgan fingerprint density at radius 3 is 1.23 bits per heavy atom. The molecule has 9 unspecified atom stereocenters. The lowest BCUT2D eigenvalue weighted by Gasteiger charge is -2.24. The number of aliphatic hydroxyl groups is 1. The van der Waals surface area contributed by atoms with Crippen molar-refractivity contribution in [3.8, 4) is 0 Å². The summed E-state index contributed by atoms with van der Waals surface area (Å²) in [5.41, 5.74) is -3.45. The molecule has 5 aromatic rings. The van der Waals surface area contributed by atoms with Gasteiger partial charge in [0.2, 0.25) is 0 Å². The Morgan fingerprint density at radius 2 is 0.822 bits per heavy atom. The van der Waals surface area contributed by atoms with E-state index in [1.54, 1.807) is 4.57 Å². The smallest absolute Gasteiger partial charge is 0.396 e. The molecule has 0 radical (unpaired) electrons. The number of fused-ring (bicyclic) bond motifs is 1. The Hall–Kier alpha value is -5.22. The third-order valence-corrected chi connectivity index (χ3v) is 23.4. The molecule has 4 saturated heterocycles. The maximum absolute atomic E-state index is 14.4. The molecule has 4 aliphatic heterocycles. The highest BCUT2D eigenvalue weighted by Crippen LogP contribution is 2.53. The number of phosphoric ester groups is 4. The largest absolute Gasteiger partial charge is 0.472 e. The summed E-state index contributed by atoms with van der Waals surface area (Å²) in [7, 11) is -23.2. The highest BCUT2D eigenvalue weighted by Gasteiger charge is 2.46. The zero-order chi connectivity index (χ0) is 77.6. The van der Waals surface area contributed by atoms with Crippen molar-refractivity contribution in [1.29, 1.82) is 0 Å². The van der Waals surface area contributed by atoms with Gasteiger partial charge in [0.1, 0.15) is 0 Å². The number of ether oxygens (including phenoxy) is 4. The summed E-state index contributed by atoms with van der Waals surface area (Å²) >= 11 is 0. The van der Waals surface area contributed by atoms with Crippen LogP contribution in [-0.2, 0) is 113 Å². The monoisotopic (exact) mass is 1620 g/mol. The number of hydrogen-bond donors (Lipinski definition) is 9. The fourth-order valence-corrected chi connectivity index (χ4v) is 17.8. The van der Waals surface area contributed by atoms with Crippen LogP contribution in [0.25, 0.3) is 11.2 Å². The van der Waals surface area contributed by atoms with Gasteiger partial charge in [-0.2, -0.15) is 0 Å². The Labute approximate surface area is 611 Å². The average molecular weight is 1620 g/mol. The number of phosphoric acid groups is 4. The van der Waals surface area contributed by atoms with Crippen LogP contribution >= 0.6 is 38.9 Å². The summed E-state index contributed by atoms with van der Waals surface area (Å²) in [6, 6.07) is 0. The summed E-state index contributed by atoms with van der Waals surface area (Å²) in [5.74, 6) is 0.334. The molecule has 0 saturated carbocycles. The molecule has 0 aromatic carbocycles. The Bertz CT molecular complexity index is 4500. The minimum absolute atomic E-state index is 0.0119. The molecule has 9 heterocycles. The second-order valence-corrected chi connectivity index (χ2v) is 34.8. The van der Waals surface area contributed by atoms with Crippen LogP contribution in [0.4, 0.5) is 0 Å². The van der Waals surface area contributed by atoms with Gasteiger partial charge in [0.25, 0.3) is 22.2 Å². The Morgan fingerprint density at radius 1 is 0.467 bits per heavy atom. The summed E-state index contributed by atoms with van der Waals surface area (Å²) in [6.45, 7) is 7.32. The van der Waals surface area contributed by atoms with Crippen LogP contribution in [0.3, 0.4) is 0 Å². The summed E-state index contributed by atoms with van der Waals surface area (Å²) in [4.78, 5) is 148. The molecule has 107 heavy (non-hydrogen) atoms. The molecule has 46 heteroatoms. The van der Waals surface area contributed by atoms with Crippen LogP contribution in [0.5, 0.6) is 0 Å². The van der Waals surface area contributed by atoms with Crippen LogP contribution in [0.1, 0.15) is 120 Å². The zero-order valence-corrected chi connectivity index (χ0v) is 64.3. The lowest BCUT2D eigenvalue weighted by Crippen LogP contribution is -2.34. The minimum Gasteiger partial charge on any atom is -0.396 e. The van der Waals surface area contributed by atoms with E-state index >= 15 is 0 Å². The summed E-state index contributed by atoms with van der Waals surface area (Å²) in [5, 5.41) is 9.17. The Kier molecular flexibility index (Phi) is 30.7. The first-order valence-corrected chi connectivity index (χ1v) is 43.0. The molecule has 9 rings (SSSR count). The van der Waals surface area contributed by atoms with E-state index in [4.69, 9.17) is 69.3 Å². The molecular formula is C61H95N10O31P5. The Balaban J connectivity index is 0.813. The topological polar surface area (TPSA) is 544 Å². The van der Waals surface area contributed by atoms with E-state index in [2.05, 4.69) is 29.9 Å². The van der Waals surface area contributed by atoms with Gasteiger partial charge in [0, 0.05) is 80.7 Å². The fraction of sp³-hybridized carbons (Fsp3) is 0.721. The minimum atomic E-state index is -4.97. The van der Waals surface area contributed by atoms with Gasteiger partial charge in [-0.1, -0.05) is 13.8 Å². The zero-order valence-electron chi connectivity index (χ0n) is 59.8. The number of aryl methyl sites for hydroxylation is 3. The van der Waals surface area contributed by atoms with E-state index in [1.807, 2.05) is 13.8 Å². The van der Waals surface area contributed by atoms with Gasteiger partial charge in [-0.15, -0.1) is 0 Å². The number of nitrogens with one attached hydrogen (secondary N) is 4. The van der Waals surface area contributed by atoms with Crippen LogP contribution in [-0.4, -0.2) is 199 Å². The lowest BCUT2D eigenvalue weighted by molar-refractivity contribution is -0.0134. The normalized spacial score (nSPS) is 26.2. The van der Waals surface area contributed by atoms with Crippen molar-refractivity contribution in [3.63, 3.8) is 0 Å². The molecular weight excluding hydrogens is 1520 g/mol. The molecule has 0 aliphatic carbocycles. The van der Waals surface area contributed by atoms with Gasteiger partial charge in [-0.25, -0.2) is 42.6 Å². The van der Waals surface area contributed by atoms with Crippen molar-refractivity contribution >= 4 is 50.1 Å². The molecule has 600 valence electrons. The average Bonchev–Trinajstić information content (AvgIpc) is 1.68. The quantitative estimate of drug-likeness (QED) is 0.0198. The van der Waals surface area contributed by atoms with E-state index in [0.717, 1.165) is 6.42 Å². The summed E-state index contributed by atoms with van der Waals surface area (Å²) in [6.07, 6.45) is -3.46. The second kappa shape index (κ2) is 38.3. The number of rotatable bonds is 44. The van der Waals surface area contributed by atoms with E-state index in [9.17, 15) is 76.0 Å². The van der Waals surface area contributed by atoms with Crippen LogP contribution in [0.2, 0.25) is 0 Å². The van der Waals surface area contributed by atoms with E-state index < -0.39 is 171 Å². The number of aromatic nitrogens is 10. The first-order valence-electron chi connectivity index (χ1n) is 35.0. The first kappa shape index (κ1) is 85.8. The molecule has 41 nitrogen and oxygen atoms in total. The number of H-pyrrole nitrogens is 4. The third kappa shape index (κ3) is 25.9. The second-order valence-electron chi connectivity index (χ2n) is 27.1. The third-order valence-electron chi connectivity index (χ3n) is 17.9. The van der Waals surface area contributed by atoms with E-state index in [1.165, 1.54) is 72.4 Å². The van der Waals surface area contributed by atoms with Crippen molar-refractivity contribution < 1.29 is 112 Å². The van der Waals surface area contributed by atoms with Crippen LogP contribution in [0.15, 0.2) is 64.8 Å². The highest BCUT2D eigenvalue weighted by molar-refractivity contribution is 7.53. The fourth-order valence-electron chi connectivity index (χ4n) is 12.9. The van der Waals surface area contributed by atoms with Crippen molar-refractivity contribution in [3.05, 3.63) is 121 Å². The molecule has 0 bridgehead atoms. The van der Waals surface area contributed by atoms with Gasteiger partial charge in [0.05, 0.1) is 152 Å². The van der Waals surface area contributed by atoms with Gasteiger partial charge in [0.15, 0.2) is 11.2 Å². The predicted octanol–water partition coefficient (Wildman–Crippen LogP) is 3.74. The molecule has 4 fully saturated rings. The molecule has 5 aromatic heterocycles. The molecule has 0 amide bonds. The van der Waals surface area contributed by atoms with Crippen molar-refractivity contribution in [2.75, 3.05) is 52.9 Å². The van der Waals surface area contributed by atoms with Gasteiger partial charge in [-0.3, -0.25) is 88.6 Å². The maximum Gasteiger partial charge on any atom is 0.472 e. The SMILES string of the molecule is Cc1cn(C[C@H]2CC(OP(=O)(O)OCCC[C@H]3O[C@@H](Cn4cc(C)c(=O)[nH]c4=O)CC3OP(=O)(O)OCCCO)[C@@H](CCCOP(C)(=O)OC3C[C@H](Cn4cnc5c(=O)[nH]cnc54)O[C@@H]3CCCOP(=O)(O)OC3C[C@H](Cn4cc(C)c(=O)[nH]c4=O)O[C@@H]3CCOP(=O)(O)OCCCC(C)C)O2)c(=O)[nH]c1=O. The molecule has 4 aliphatic rings. The number of imidazole rings is 1. The molecule has 9 N–H and O–H groups in total. The number of aromatic amines is 4. The predicted molar refractivity (Wildman–Crippen MR) is 376 cm³/mol. The highest BCUT2D eigenvalue weighted by atomic mass is 31.2. The summed E-state index contributed by atoms with van der Waals surface area (Å²) < 4.78 is 153. The molecule has 17 atom stereocenters. The van der Waals surface area contributed by atoms with Crippen molar-refractivity contribution in [2.45, 2.75) is 224 Å². The number of hydrogen-bond acceptors (Lipinski definition) is 29. The van der Waals surface area contributed by atoms with E-state index in [-0.39, 0.29) is 158 Å². The number of aliphatic hydroxyl groups excluding tert-OH is 1.